The van der Waals surface area contributed by atoms with Crippen LogP contribution in [0.4, 0.5) is 0 Å². The lowest BCUT2D eigenvalue weighted by Gasteiger charge is -2.14. The summed E-state index contributed by atoms with van der Waals surface area (Å²) in [6, 6.07) is 7.95. The first-order valence-electron chi connectivity index (χ1n) is 6.51. The third kappa shape index (κ3) is 2.09. The van der Waals surface area contributed by atoms with Crippen LogP contribution in [0.5, 0.6) is 5.75 Å². The molecule has 0 atom stereocenters. The largest absolute Gasteiger partial charge is 0.507 e. The average molecular weight is 267 g/mol. The summed E-state index contributed by atoms with van der Waals surface area (Å²) >= 11 is 0. The molecule has 4 heteroatoms. The summed E-state index contributed by atoms with van der Waals surface area (Å²) in [6.45, 7) is 0. The fourth-order valence-electron chi connectivity index (χ4n) is 2.43. The number of fused-ring (bicyclic) bond motifs is 1. The van der Waals surface area contributed by atoms with E-state index in [9.17, 15) is 14.7 Å². The Morgan fingerprint density at radius 3 is 2.80 bits per heavy atom. The van der Waals surface area contributed by atoms with Crippen LogP contribution < -0.4 is 0 Å². The van der Waals surface area contributed by atoms with E-state index in [0.29, 0.717) is 17.5 Å². The highest BCUT2D eigenvalue weighted by Gasteiger charge is 2.21. The molecule has 3 rings (SSSR count). The molecule has 1 aliphatic carbocycles. The number of benzene rings is 1. The summed E-state index contributed by atoms with van der Waals surface area (Å²) in [7, 11) is 0. The zero-order valence-corrected chi connectivity index (χ0v) is 10.8. The number of nitrogens with zero attached hydrogens (tertiary/aromatic N) is 1. The van der Waals surface area contributed by atoms with Gasteiger partial charge in [0.05, 0.1) is 11.3 Å². The van der Waals surface area contributed by atoms with Crippen molar-refractivity contribution in [3.63, 3.8) is 0 Å². The standard InChI is InChI=1S/C16H13NO3/c18-14-6-2-1-4-11(14)16(20)10-8-12-13(17-9-10)5-3-7-15(12)19/h1-2,4,6,8-9,18H,3,5,7H2. The second-order valence-electron chi connectivity index (χ2n) is 4.84. The quantitative estimate of drug-likeness (QED) is 0.849. The predicted molar refractivity (Wildman–Crippen MR) is 73.0 cm³/mol. The molecule has 100 valence electrons. The topological polar surface area (TPSA) is 67.3 Å². The van der Waals surface area contributed by atoms with E-state index in [4.69, 9.17) is 0 Å². The van der Waals surface area contributed by atoms with Crippen molar-refractivity contribution in [3.05, 3.63) is 58.9 Å². The van der Waals surface area contributed by atoms with Crippen LogP contribution in [0.25, 0.3) is 0 Å². The van der Waals surface area contributed by atoms with Gasteiger partial charge < -0.3 is 5.11 Å². The molecule has 2 aromatic rings. The van der Waals surface area contributed by atoms with Gasteiger partial charge in [-0.25, -0.2) is 0 Å². The van der Waals surface area contributed by atoms with Crippen LogP contribution in [0.2, 0.25) is 0 Å². The molecular formula is C16H13NO3. The van der Waals surface area contributed by atoms with Crippen molar-refractivity contribution in [2.24, 2.45) is 0 Å². The molecule has 0 radical (unpaired) electrons. The molecule has 0 fully saturated rings. The van der Waals surface area contributed by atoms with Crippen molar-refractivity contribution in [2.75, 3.05) is 0 Å². The molecule has 4 nitrogen and oxygen atoms in total. The lowest BCUT2D eigenvalue weighted by molar-refractivity contribution is 0.0971. The molecule has 0 spiro atoms. The number of carbonyl (C=O) groups excluding carboxylic acids is 2. The smallest absolute Gasteiger partial charge is 0.198 e. The number of ketones is 2. The van der Waals surface area contributed by atoms with E-state index in [-0.39, 0.29) is 22.9 Å². The Balaban J connectivity index is 2.03. The Morgan fingerprint density at radius 2 is 2.00 bits per heavy atom. The summed E-state index contributed by atoms with van der Waals surface area (Å²) < 4.78 is 0. The zero-order valence-electron chi connectivity index (χ0n) is 10.8. The van der Waals surface area contributed by atoms with E-state index in [0.717, 1.165) is 18.5 Å². The van der Waals surface area contributed by atoms with Gasteiger partial charge in [0.25, 0.3) is 0 Å². The van der Waals surface area contributed by atoms with Crippen molar-refractivity contribution in [3.8, 4) is 5.75 Å². The molecule has 1 heterocycles. The van der Waals surface area contributed by atoms with E-state index in [1.54, 1.807) is 24.3 Å². The second-order valence-corrected chi connectivity index (χ2v) is 4.84. The third-order valence-corrected chi connectivity index (χ3v) is 3.50. The highest BCUT2D eigenvalue weighted by molar-refractivity contribution is 6.11. The van der Waals surface area contributed by atoms with Gasteiger partial charge in [-0.2, -0.15) is 0 Å². The van der Waals surface area contributed by atoms with Crippen LogP contribution in [0.1, 0.15) is 44.8 Å². The molecule has 0 aliphatic heterocycles. The van der Waals surface area contributed by atoms with Gasteiger partial charge in [-0.1, -0.05) is 12.1 Å². The van der Waals surface area contributed by atoms with E-state index in [2.05, 4.69) is 4.98 Å². The molecule has 1 aromatic carbocycles. The zero-order chi connectivity index (χ0) is 14.1. The van der Waals surface area contributed by atoms with Crippen LogP contribution in [0.15, 0.2) is 36.5 Å². The summed E-state index contributed by atoms with van der Waals surface area (Å²) in [6.07, 6.45) is 3.56. The van der Waals surface area contributed by atoms with E-state index in [1.807, 2.05) is 0 Å². The number of phenolic OH excluding ortho intramolecular Hbond substituents is 1. The van der Waals surface area contributed by atoms with Gasteiger partial charge in [0.2, 0.25) is 0 Å². The number of para-hydroxylation sites is 1. The van der Waals surface area contributed by atoms with Crippen molar-refractivity contribution < 1.29 is 14.7 Å². The van der Waals surface area contributed by atoms with Crippen molar-refractivity contribution in [1.82, 2.24) is 4.98 Å². The Kier molecular flexibility index (Phi) is 3.06. The summed E-state index contributed by atoms with van der Waals surface area (Å²) in [5, 5.41) is 9.72. The lowest BCUT2D eigenvalue weighted by atomic mass is 9.92. The first kappa shape index (κ1) is 12.5. The van der Waals surface area contributed by atoms with Gasteiger partial charge in [0, 0.05) is 23.7 Å². The number of pyridine rings is 1. The predicted octanol–water partition coefficient (Wildman–Crippen LogP) is 2.54. The Hall–Kier alpha value is -2.49. The molecule has 1 aliphatic rings. The summed E-state index contributed by atoms with van der Waals surface area (Å²) in [5.74, 6) is -0.357. The van der Waals surface area contributed by atoms with Crippen LogP contribution in [0.3, 0.4) is 0 Å². The number of phenols is 1. The number of carbonyl (C=O) groups is 2. The Morgan fingerprint density at radius 1 is 1.20 bits per heavy atom. The highest BCUT2D eigenvalue weighted by Crippen LogP contribution is 2.24. The molecule has 0 bridgehead atoms. The molecule has 0 saturated carbocycles. The molecule has 1 aromatic heterocycles. The van der Waals surface area contributed by atoms with Crippen molar-refractivity contribution in [1.29, 1.82) is 0 Å². The lowest BCUT2D eigenvalue weighted by Crippen LogP contribution is -2.14. The maximum atomic E-state index is 12.3. The number of rotatable bonds is 2. The normalized spacial score (nSPS) is 13.9. The number of aromatic hydroxyl groups is 1. The maximum Gasteiger partial charge on any atom is 0.198 e. The Bertz CT molecular complexity index is 707. The van der Waals surface area contributed by atoms with Crippen LogP contribution >= 0.6 is 0 Å². The van der Waals surface area contributed by atoms with Gasteiger partial charge in [-0.3, -0.25) is 14.6 Å². The number of aryl methyl sites for hydroxylation is 1. The van der Waals surface area contributed by atoms with Crippen molar-refractivity contribution in [2.45, 2.75) is 19.3 Å². The first-order chi connectivity index (χ1) is 9.66. The van der Waals surface area contributed by atoms with Crippen LogP contribution in [-0.4, -0.2) is 21.7 Å². The average Bonchev–Trinajstić information content (AvgIpc) is 2.47. The maximum absolute atomic E-state index is 12.3. The minimum absolute atomic E-state index is 0.0330. The molecule has 0 amide bonds. The van der Waals surface area contributed by atoms with Crippen molar-refractivity contribution >= 4 is 11.6 Å². The Labute approximate surface area is 116 Å². The molecule has 20 heavy (non-hydrogen) atoms. The fourth-order valence-corrected chi connectivity index (χ4v) is 2.43. The fraction of sp³-hybridized carbons (Fsp3) is 0.188. The van der Waals surface area contributed by atoms with Crippen LogP contribution in [-0.2, 0) is 6.42 Å². The number of Topliss-reactive ketones (excluding diaryl/α,β-unsaturated/α-hetero) is 1. The van der Waals surface area contributed by atoms with E-state index in [1.165, 1.54) is 12.3 Å². The number of hydrogen-bond acceptors (Lipinski definition) is 4. The van der Waals surface area contributed by atoms with Gasteiger partial charge in [-0.15, -0.1) is 0 Å². The van der Waals surface area contributed by atoms with Gasteiger partial charge in [0.15, 0.2) is 11.6 Å². The van der Waals surface area contributed by atoms with Crippen LogP contribution in [0, 0.1) is 0 Å². The minimum atomic E-state index is -0.322. The molecule has 1 N–H and O–H groups in total. The molecule has 0 saturated heterocycles. The number of hydrogen-bond donors (Lipinski definition) is 1. The second kappa shape index (κ2) is 4.89. The molecule has 0 unspecified atom stereocenters. The van der Waals surface area contributed by atoms with E-state index >= 15 is 0 Å². The number of aromatic nitrogens is 1. The minimum Gasteiger partial charge on any atom is -0.507 e. The first-order valence-corrected chi connectivity index (χ1v) is 6.51. The monoisotopic (exact) mass is 267 g/mol. The molecular weight excluding hydrogens is 254 g/mol. The van der Waals surface area contributed by atoms with Gasteiger partial charge >= 0.3 is 0 Å². The highest BCUT2D eigenvalue weighted by atomic mass is 16.3. The SMILES string of the molecule is O=C(c1cnc2c(c1)C(=O)CCC2)c1ccccc1O. The van der Waals surface area contributed by atoms with Gasteiger partial charge in [-0.05, 0) is 31.0 Å². The summed E-state index contributed by atoms with van der Waals surface area (Å²) in [5.41, 5.74) is 1.85. The van der Waals surface area contributed by atoms with Gasteiger partial charge in [0.1, 0.15) is 5.75 Å². The van der Waals surface area contributed by atoms with E-state index < -0.39 is 0 Å². The summed E-state index contributed by atoms with van der Waals surface area (Å²) in [4.78, 5) is 28.4. The third-order valence-electron chi connectivity index (χ3n) is 3.50.